The molecule has 0 fully saturated rings. The van der Waals surface area contributed by atoms with Crippen LogP contribution in [0, 0.1) is 66.9 Å². The van der Waals surface area contributed by atoms with E-state index in [4.69, 9.17) is 9.47 Å². The molecule has 0 rings (SSSR count). The molecule has 0 N–H and O–H groups in total. The summed E-state index contributed by atoms with van der Waals surface area (Å²) >= 11 is 0. The van der Waals surface area contributed by atoms with Gasteiger partial charge in [-0.25, -0.2) is 0 Å². The molecule has 7 heteroatoms. The van der Waals surface area contributed by atoms with Crippen LogP contribution in [0.5, 0.6) is 0 Å². The molecular weight excluding hydrogens is 510 g/mol. The third-order valence-electron chi connectivity index (χ3n) is 4.62. The van der Waals surface area contributed by atoms with Gasteiger partial charge in [0.05, 0.1) is 38.4 Å². The topological polar surface area (TPSA) is 72.9 Å². The Hall–Kier alpha value is -0.0234. The van der Waals surface area contributed by atoms with Crippen LogP contribution in [0.4, 0.5) is 0 Å². The molecule has 6 nitrogen and oxygen atoms in total. The summed E-state index contributed by atoms with van der Waals surface area (Å²) in [6.07, 6.45) is 1.99. The monoisotopic (exact) mass is 553 g/mol. The Labute approximate surface area is 218 Å². The van der Waals surface area contributed by atoms with Gasteiger partial charge >= 0.3 is 0 Å². The average Bonchev–Trinajstić information content (AvgIpc) is 2.64. The number of carbonyl (C=O) groups excluding carboxylic acids is 3. The van der Waals surface area contributed by atoms with Gasteiger partial charge in [-0.15, -0.1) is 0 Å². The second-order valence-electron chi connectivity index (χ2n) is 8.11. The van der Waals surface area contributed by atoms with Gasteiger partial charge in [-0.3, -0.25) is 15.5 Å². The zero-order chi connectivity index (χ0) is 21.7. The Morgan fingerprint density at radius 2 is 1.47 bits per heavy atom. The molecule has 0 saturated carbocycles. The fourth-order valence-electron chi connectivity index (χ4n) is 2.70. The maximum Gasteiger partial charge on any atom is 0.137 e. The minimum atomic E-state index is -0.263. The first-order valence-electron chi connectivity index (χ1n) is 10.4. The van der Waals surface area contributed by atoms with Crippen molar-refractivity contribution in [1.82, 2.24) is 4.90 Å². The second kappa shape index (κ2) is 19.6. The van der Waals surface area contributed by atoms with Crippen molar-refractivity contribution in [3.05, 3.63) is 13.3 Å². The molecule has 0 spiro atoms. The van der Waals surface area contributed by atoms with Crippen molar-refractivity contribution in [2.75, 3.05) is 33.5 Å². The number of ether oxygens (including phenoxy) is 2. The molecule has 30 heavy (non-hydrogen) atoms. The van der Waals surface area contributed by atoms with E-state index in [0.717, 1.165) is 12.3 Å². The van der Waals surface area contributed by atoms with E-state index in [1.807, 2.05) is 27.7 Å². The first-order valence-corrected chi connectivity index (χ1v) is 10.4. The summed E-state index contributed by atoms with van der Waals surface area (Å²) in [6.45, 7) is 12.9. The minimum absolute atomic E-state index is 0. The predicted molar refractivity (Wildman–Crippen MR) is 117 cm³/mol. The maximum atomic E-state index is 12.7. The number of Topliss-reactive ketones (excluding diaryl/α,β-unsaturated/α-hetero) is 2. The van der Waals surface area contributed by atoms with Crippen LogP contribution < -0.4 is 0 Å². The molecule has 0 radical (unpaired) electrons. The van der Waals surface area contributed by atoms with Crippen molar-refractivity contribution < 1.29 is 65.6 Å². The molecule has 0 aromatic rings. The van der Waals surface area contributed by atoms with Gasteiger partial charge in [-0.05, 0) is 0 Å². The van der Waals surface area contributed by atoms with E-state index in [1.165, 1.54) is 0 Å². The quantitative estimate of drug-likeness (QED) is 0.214. The van der Waals surface area contributed by atoms with Crippen LogP contribution in [0.3, 0.4) is 0 Å². The van der Waals surface area contributed by atoms with E-state index in [1.54, 1.807) is 11.9 Å². The van der Waals surface area contributed by atoms with E-state index in [9.17, 15) is 14.4 Å². The number of nitrogens with zero attached hydrogens (tertiary/aromatic N) is 1. The van der Waals surface area contributed by atoms with Crippen LogP contribution in [0.25, 0.3) is 0 Å². The smallest absolute Gasteiger partial charge is 0.137 e. The van der Waals surface area contributed by atoms with Gasteiger partial charge in [0.15, 0.2) is 0 Å². The molecule has 0 bridgehead atoms. The first kappa shape index (κ1) is 34.6. The van der Waals surface area contributed by atoms with Crippen LogP contribution in [0.1, 0.15) is 67.2 Å². The molecule has 176 valence electrons. The van der Waals surface area contributed by atoms with E-state index in [-0.39, 0.29) is 78.6 Å². The summed E-state index contributed by atoms with van der Waals surface area (Å²) < 4.78 is 11.3. The van der Waals surface area contributed by atoms with Crippen LogP contribution in [-0.4, -0.2) is 61.9 Å². The minimum Gasteiger partial charge on any atom is -0.379 e. The predicted octanol–water partition coefficient (Wildman–Crippen LogP) is 3.92. The van der Waals surface area contributed by atoms with Gasteiger partial charge in [-0.2, -0.15) is 13.3 Å². The van der Waals surface area contributed by atoms with E-state index >= 15 is 0 Å². The van der Waals surface area contributed by atoms with Crippen LogP contribution in [0.15, 0.2) is 0 Å². The van der Waals surface area contributed by atoms with Crippen LogP contribution >= 0.6 is 0 Å². The Bertz CT molecular complexity index is 482. The third kappa shape index (κ3) is 15.7. The fraction of sp³-hybridized carbons (Fsp3) is 0.783. The summed E-state index contributed by atoms with van der Waals surface area (Å²) in [6, 6.07) is -0.263. The van der Waals surface area contributed by atoms with Gasteiger partial charge in [0.1, 0.15) is 11.6 Å². The van der Waals surface area contributed by atoms with E-state index in [0.29, 0.717) is 51.6 Å². The zero-order valence-corrected chi connectivity index (χ0v) is 23.5. The molecule has 0 aromatic carbocycles. The molecular formula is C23H43CeNO5-2. The van der Waals surface area contributed by atoms with Crippen molar-refractivity contribution in [1.29, 1.82) is 0 Å². The van der Waals surface area contributed by atoms with Crippen molar-refractivity contribution in [2.24, 2.45) is 11.8 Å². The molecule has 0 aliphatic carbocycles. The molecule has 0 heterocycles. The fourth-order valence-corrected chi connectivity index (χ4v) is 2.70. The normalized spacial score (nSPS) is 11.5. The molecule has 0 aliphatic heterocycles. The van der Waals surface area contributed by atoms with Gasteiger partial charge in [-0.1, -0.05) is 40.5 Å². The van der Waals surface area contributed by atoms with Gasteiger partial charge in [0, 0.05) is 74.0 Å². The van der Waals surface area contributed by atoms with Crippen LogP contribution in [-0.2, 0) is 23.9 Å². The number of ketones is 2. The summed E-state index contributed by atoms with van der Waals surface area (Å²) in [5, 5.41) is 0. The third-order valence-corrected chi connectivity index (χ3v) is 4.62. The average molecular weight is 554 g/mol. The van der Waals surface area contributed by atoms with Crippen molar-refractivity contribution in [3.63, 3.8) is 0 Å². The largest absolute Gasteiger partial charge is 0.379 e. The SMILES string of the molecule is CCC(=O)CCOCC(COCCC(=O)C(C)C)N(C)C(=O)[C-](C)CC(C)C.[CH3-].[Ce]. The molecule has 1 unspecified atom stereocenters. The Balaban J connectivity index is -0.00000364. The van der Waals surface area contributed by atoms with Crippen LogP contribution in [0.2, 0.25) is 0 Å². The van der Waals surface area contributed by atoms with Gasteiger partial charge < -0.3 is 26.6 Å². The van der Waals surface area contributed by atoms with Crippen molar-refractivity contribution in [2.45, 2.75) is 73.3 Å². The van der Waals surface area contributed by atoms with Gasteiger partial charge in [0.2, 0.25) is 0 Å². The van der Waals surface area contributed by atoms with E-state index < -0.39 is 0 Å². The zero-order valence-electron chi connectivity index (χ0n) is 20.4. The van der Waals surface area contributed by atoms with Crippen molar-refractivity contribution in [3.8, 4) is 0 Å². The number of carbonyl (C=O) groups is 3. The van der Waals surface area contributed by atoms with Gasteiger partial charge in [0.25, 0.3) is 0 Å². The summed E-state index contributed by atoms with van der Waals surface area (Å²) in [5.41, 5.74) is 0. The van der Waals surface area contributed by atoms with Crippen molar-refractivity contribution >= 4 is 17.5 Å². The summed E-state index contributed by atoms with van der Waals surface area (Å²) in [7, 11) is 1.75. The standard InChI is InChI=1S/C22H40NO5.CH3.Ce/c1-8-20(24)9-11-27-14-19(15-28-12-10-21(25)17(4)5)23(7)22(26)18(6)13-16(2)3;;/h16-17,19H,8-15H2,1-7H3;1H3;/q2*-1;. The Kier molecular flexibility index (Phi) is 22.6. The van der Waals surface area contributed by atoms with E-state index in [2.05, 4.69) is 13.8 Å². The summed E-state index contributed by atoms with van der Waals surface area (Å²) in [4.78, 5) is 37.5. The Morgan fingerprint density at radius 1 is 0.967 bits per heavy atom. The molecule has 1 amide bonds. The molecule has 1 atom stereocenters. The Morgan fingerprint density at radius 3 is 1.90 bits per heavy atom. The molecule has 0 aromatic heterocycles. The second-order valence-corrected chi connectivity index (χ2v) is 8.11. The number of rotatable bonds is 16. The number of hydrogen-bond donors (Lipinski definition) is 0. The number of amides is 1. The maximum absolute atomic E-state index is 12.7. The molecule has 0 saturated heterocycles. The molecule has 0 aliphatic rings. The first-order chi connectivity index (χ1) is 13.1. The number of likely N-dealkylation sites (N-methyl/N-ethyl adjacent to an activating group) is 1. The number of hydrogen-bond acceptors (Lipinski definition) is 5. The summed E-state index contributed by atoms with van der Waals surface area (Å²) in [5.74, 6) is 1.51.